The van der Waals surface area contributed by atoms with Crippen LogP contribution in [-0.2, 0) is 33.4 Å². The number of carbonyl (C=O) groups excluding carboxylic acids is 2. The molecule has 13 nitrogen and oxygen atoms in total. The molecule has 7 N–H and O–H groups in total. The summed E-state index contributed by atoms with van der Waals surface area (Å²) in [7, 11) is 1.32. The van der Waals surface area contributed by atoms with E-state index in [0.717, 1.165) is 25.0 Å². The maximum Gasteiger partial charge on any atom is 0.336 e. The van der Waals surface area contributed by atoms with E-state index in [1.165, 1.54) is 7.11 Å². The molecule has 0 bridgehead atoms. The molecule has 1 atom stereocenters. The molecule has 1 aliphatic rings. The number of rotatable bonds is 14. The molecule has 0 unspecified atom stereocenters. The van der Waals surface area contributed by atoms with Crippen molar-refractivity contribution in [2.45, 2.75) is 63.9 Å². The van der Waals surface area contributed by atoms with E-state index in [1.807, 2.05) is 18.2 Å². The lowest BCUT2D eigenvalue weighted by Crippen LogP contribution is -2.42. The number of dihydropyridines is 1. The van der Waals surface area contributed by atoms with E-state index in [2.05, 4.69) is 5.32 Å². The summed E-state index contributed by atoms with van der Waals surface area (Å²) < 4.78 is 10.4. The number of methoxy groups -OCH3 is 1. The molecule has 0 radical (unpaired) electrons. The standard InChI is InChI=1S/C22H29ClN2O4.C6H8O7/c1-4-29-22(27)20-17(12-6-5-9-13-24)25-14(2)18(21(26)28-3)19(20)15-10-7-8-11-16(15)23;7-3(8)1-6(13,5(11)12)2-4(9)10/h7-8,10-11,19,25H,4-6,9,12-13,24H2,1-3H3;13H,1-2H2,(H,7,8)(H,9,10)(H,11,12)/t19-;/m1./s1. The second-order valence-electron chi connectivity index (χ2n) is 9.30. The van der Waals surface area contributed by atoms with Crippen molar-refractivity contribution in [3.05, 3.63) is 57.4 Å². The number of allylic oxidation sites excluding steroid dienone is 2. The summed E-state index contributed by atoms with van der Waals surface area (Å²) in [5.41, 5.74) is 5.66. The number of benzene rings is 1. The predicted molar refractivity (Wildman–Crippen MR) is 150 cm³/mol. The minimum absolute atomic E-state index is 0.230. The summed E-state index contributed by atoms with van der Waals surface area (Å²) in [6.07, 6.45) is 1.07. The Kier molecular flexibility index (Phi) is 14.7. The van der Waals surface area contributed by atoms with Gasteiger partial charge in [-0.15, -0.1) is 0 Å². The first-order valence-corrected chi connectivity index (χ1v) is 13.4. The van der Waals surface area contributed by atoms with E-state index in [1.54, 1.807) is 19.9 Å². The number of hydrogen-bond donors (Lipinski definition) is 6. The van der Waals surface area contributed by atoms with E-state index in [4.69, 9.17) is 47.2 Å². The summed E-state index contributed by atoms with van der Waals surface area (Å²) in [6.45, 7) is 4.42. The van der Waals surface area contributed by atoms with Gasteiger partial charge < -0.3 is 41.0 Å². The maximum absolute atomic E-state index is 13.0. The molecule has 0 saturated carbocycles. The lowest BCUT2D eigenvalue weighted by Gasteiger charge is -2.32. The molecule has 1 aliphatic heterocycles. The van der Waals surface area contributed by atoms with E-state index in [-0.39, 0.29) is 6.61 Å². The van der Waals surface area contributed by atoms with Gasteiger partial charge in [-0.3, -0.25) is 9.59 Å². The van der Waals surface area contributed by atoms with Crippen LogP contribution in [0.5, 0.6) is 0 Å². The van der Waals surface area contributed by atoms with Gasteiger partial charge in [0.2, 0.25) is 0 Å². The first kappa shape index (κ1) is 36.1. The van der Waals surface area contributed by atoms with Crippen molar-refractivity contribution in [3.8, 4) is 0 Å². The normalized spacial score (nSPS) is 14.8. The lowest BCUT2D eigenvalue weighted by atomic mass is 9.79. The van der Waals surface area contributed by atoms with Crippen LogP contribution in [0.1, 0.15) is 63.9 Å². The van der Waals surface area contributed by atoms with Crippen LogP contribution in [0.4, 0.5) is 0 Å². The van der Waals surface area contributed by atoms with Crippen molar-refractivity contribution in [1.29, 1.82) is 0 Å². The molecule has 0 aromatic heterocycles. The zero-order chi connectivity index (χ0) is 32.0. The number of carboxylic acid groups (broad SMARTS) is 3. The Hall–Kier alpha value is -3.94. The van der Waals surface area contributed by atoms with Crippen molar-refractivity contribution in [1.82, 2.24) is 5.32 Å². The molecule has 0 spiro atoms. The van der Waals surface area contributed by atoms with E-state index in [0.29, 0.717) is 40.4 Å². The largest absolute Gasteiger partial charge is 0.481 e. The topological polar surface area (TPSA) is 223 Å². The quantitative estimate of drug-likeness (QED) is 0.131. The summed E-state index contributed by atoms with van der Waals surface area (Å²) in [5.74, 6) is -6.66. The van der Waals surface area contributed by atoms with Crippen LogP contribution >= 0.6 is 11.6 Å². The van der Waals surface area contributed by atoms with Gasteiger partial charge in [-0.25, -0.2) is 14.4 Å². The second kappa shape index (κ2) is 17.1. The average molecular weight is 613 g/mol. The maximum atomic E-state index is 13.0. The summed E-state index contributed by atoms with van der Waals surface area (Å²) >= 11 is 6.48. The number of esters is 2. The Morgan fingerprint density at radius 3 is 2.05 bits per heavy atom. The molecule has 14 heteroatoms. The highest BCUT2D eigenvalue weighted by atomic mass is 35.5. The molecule has 1 aromatic rings. The third kappa shape index (κ3) is 10.2. The highest BCUT2D eigenvalue weighted by molar-refractivity contribution is 6.31. The van der Waals surface area contributed by atoms with Gasteiger partial charge in [0.25, 0.3) is 0 Å². The number of nitrogens with two attached hydrogens (primary N) is 1. The van der Waals surface area contributed by atoms with Crippen LogP contribution in [0.2, 0.25) is 5.02 Å². The number of aliphatic carboxylic acids is 3. The highest BCUT2D eigenvalue weighted by Gasteiger charge is 2.41. The minimum atomic E-state index is -2.74. The molecule has 0 fully saturated rings. The third-order valence-corrected chi connectivity index (χ3v) is 6.52. The zero-order valence-electron chi connectivity index (χ0n) is 23.6. The van der Waals surface area contributed by atoms with E-state index >= 15 is 0 Å². The van der Waals surface area contributed by atoms with Crippen LogP contribution in [0.25, 0.3) is 0 Å². The van der Waals surface area contributed by atoms with Crippen LogP contribution in [-0.4, -0.2) is 76.1 Å². The van der Waals surface area contributed by atoms with Crippen molar-refractivity contribution in [2.24, 2.45) is 5.73 Å². The van der Waals surface area contributed by atoms with Crippen LogP contribution in [0, 0.1) is 0 Å². The number of nitrogens with one attached hydrogen (secondary N) is 1. The summed E-state index contributed by atoms with van der Waals surface area (Å²) in [6, 6.07) is 7.20. The Labute approximate surface area is 247 Å². The van der Waals surface area contributed by atoms with Crippen LogP contribution in [0.15, 0.2) is 46.8 Å². The van der Waals surface area contributed by atoms with Crippen molar-refractivity contribution in [3.63, 3.8) is 0 Å². The number of carbonyl (C=O) groups is 5. The molecule has 0 saturated heterocycles. The van der Waals surface area contributed by atoms with Gasteiger partial charge >= 0.3 is 29.8 Å². The number of carboxylic acids is 3. The van der Waals surface area contributed by atoms with Gasteiger partial charge in [0.15, 0.2) is 5.60 Å². The molecular formula is C28H37ClN2O11. The fourth-order valence-corrected chi connectivity index (χ4v) is 4.53. The molecule has 42 heavy (non-hydrogen) atoms. The van der Waals surface area contributed by atoms with Gasteiger partial charge in [0.05, 0.1) is 43.6 Å². The Morgan fingerprint density at radius 2 is 1.57 bits per heavy atom. The molecule has 0 aliphatic carbocycles. The van der Waals surface area contributed by atoms with Gasteiger partial charge in [0, 0.05) is 16.4 Å². The third-order valence-electron chi connectivity index (χ3n) is 6.18. The van der Waals surface area contributed by atoms with Gasteiger partial charge in [0.1, 0.15) is 0 Å². The minimum Gasteiger partial charge on any atom is -0.481 e. The number of halogens is 1. The van der Waals surface area contributed by atoms with Crippen molar-refractivity contribution < 1.29 is 53.9 Å². The van der Waals surface area contributed by atoms with Gasteiger partial charge in [-0.2, -0.15) is 0 Å². The fraction of sp³-hybridized carbons (Fsp3) is 0.464. The van der Waals surface area contributed by atoms with Gasteiger partial charge in [-0.1, -0.05) is 36.2 Å². The molecule has 1 aromatic carbocycles. The first-order chi connectivity index (χ1) is 19.7. The SMILES string of the molecule is CCOC(=O)C1=C(CCCCCN)NC(C)=C(C(=O)OC)[C@H]1c1ccccc1Cl.O=C(O)CC(O)(CC(=O)O)C(=O)O. The zero-order valence-corrected chi connectivity index (χ0v) is 24.4. The van der Waals surface area contributed by atoms with Gasteiger partial charge in [-0.05, 0) is 51.3 Å². The highest BCUT2D eigenvalue weighted by Crippen LogP contribution is 2.42. The number of aliphatic hydroxyl groups is 1. The Balaban J connectivity index is 0.000000572. The van der Waals surface area contributed by atoms with Crippen LogP contribution in [0.3, 0.4) is 0 Å². The summed E-state index contributed by atoms with van der Waals surface area (Å²) in [5, 5.41) is 37.5. The summed E-state index contributed by atoms with van der Waals surface area (Å²) in [4.78, 5) is 56.1. The number of hydrogen-bond acceptors (Lipinski definition) is 10. The monoisotopic (exact) mass is 612 g/mol. The first-order valence-electron chi connectivity index (χ1n) is 13.0. The Bertz CT molecular complexity index is 1210. The molecular weight excluding hydrogens is 576 g/mol. The predicted octanol–water partition coefficient (Wildman–Crippen LogP) is 2.56. The fourth-order valence-electron chi connectivity index (χ4n) is 4.28. The molecule has 2 rings (SSSR count). The van der Waals surface area contributed by atoms with Crippen molar-refractivity contribution >= 4 is 41.4 Å². The van der Waals surface area contributed by atoms with Crippen LogP contribution < -0.4 is 11.1 Å². The molecule has 1 heterocycles. The van der Waals surface area contributed by atoms with E-state index in [9.17, 15) is 24.0 Å². The smallest absolute Gasteiger partial charge is 0.336 e. The number of ether oxygens (including phenoxy) is 2. The molecule has 232 valence electrons. The van der Waals surface area contributed by atoms with Crippen molar-refractivity contribution in [2.75, 3.05) is 20.3 Å². The van der Waals surface area contributed by atoms with E-state index < -0.39 is 54.2 Å². The lowest BCUT2D eigenvalue weighted by molar-refractivity contribution is -0.170. The Morgan fingerprint density at radius 1 is 0.976 bits per heavy atom. The molecule has 0 amide bonds. The second-order valence-corrected chi connectivity index (χ2v) is 9.71. The number of unbranched alkanes of at least 4 members (excludes halogenated alkanes) is 2. The average Bonchev–Trinajstić information content (AvgIpc) is 2.90.